The number of hydrogen-bond donors (Lipinski definition) is 0. The zero-order valence-electron chi connectivity index (χ0n) is 12.7. The highest BCUT2D eigenvalue weighted by molar-refractivity contribution is 7.89. The van der Waals surface area contributed by atoms with E-state index in [2.05, 4.69) is 0 Å². The van der Waals surface area contributed by atoms with Crippen LogP contribution in [0.2, 0.25) is 0 Å². The largest absolute Gasteiger partial charge is 0.260 e. The zero-order valence-corrected chi connectivity index (χ0v) is 15.1. The molecule has 1 aliphatic heterocycles. The van der Waals surface area contributed by atoms with Crippen LogP contribution in [0.5, 0.6) is 0 Å². The fourth-order valence-electron chi connectivity index (χ4n) is 2.56. The molecule has 0 N–H and O–H groups in total. The normalized spacial score (nSPS) is 24.1. The van der Waals surface area contributed by atoms with E-state index < -0.39 is 20.8 Å². The molecule has 2 atom stereocenters. The van der Waals surface area contributed by atoms with E-state index in [0.29, 0.717) is 35.4 Å². The summed E-state index contributed by atoms with van der Waals surface area (Å²) >= 11 is 5.67. The SMILES string of the molecule is C[C@H]1CN(S(=O)(=O)c2ccc(CCCCl)cc2)CC[S@@](=O)C1. The molecule has 0 aromatic heterocycles. The molecule has 0 amide bonds. The Morgan fingerprint density at radius 3 is 2.64 bits per heavy atom. The molecule has 1 heterocycles. The van der Waals surface area contributed by atoms with Gasteiger partial charge in [0, 0.05) is 41.3 Å². The van der Waals surface area contributed by atoms with Crippen LogP contribution in [0.1, 0.15) is 18.9 Å². The minimum absolute atomic E-state index is 0.112. The molecule has 22 heavy (non-hydrogen) atoms. The van der Waals surface area contributed by atoms with Gasteiger partial charge in [0.2, 0.25) is 10.0 Å². The summed E-state index contributed by atoms with van der Waals surface area (Å²) in [6.07, 6.45) is 1.73. The van der Waals surface area contributed by atoms with Crippen LogP contribution in [0.4, 0.5) is 0 Å². The van der Waals surface area contributed by atoms with Crippen molar-refractivity contribution in [1.82, 2.24) is 4.31 Å². The van der Waals surface area contributed by atoms with Crippen LogP contribution < -0.4 is 0 Å². The monoisotopic (exact) mass is 363 g/mol. The van der Waals surface area contributed by atoms with E-state index in [1.165, 1.54) is 4.31 Å². The molecule has 2 rings (SSSR count). The third kappa shape index (κ3) is 4.54. The summed E-state index contributed by atoms with van der Waals surface area (Å²) in [6, 6.07) is 7.01. The Kier molecular flexibility index (Phi) is 6.44. The van der Waals surface area contributed by atoms with Crippen molar-refractivity contribution in [3.8, 4) is 0 Å². The van der Waals surface area contributed by atoms with Gasteiger partial charge < -0.3 is 0 Å². The van der Waals surface area contributed by atoms with Crippen molar-refractivity contribution >= 4 is 32.4 Å². The maximum atomic E-state index is 12.7. The van der Waals surface area contributed by atoms with Gasteiger partial charge in [-0.25, -0.2) is 8.42 Å². The number of aryl methyl sites for hydroxylation is 1. The molecule has 1 fully saturated rings. The molecule has 124 valence electrons. The number of benzene rings is 1. The summed E-state index contributed by atoms with van der Waals surface area (Å²) in [6.45, 7) is 2.70. The molecular weight excluding hydrogens is 342 g/mol. The van der Waals surface area contributed by atoms with Crippen LogP contribution in [-0.4, -0.2) is 47.4 Å². The fourth-order valence-corrected chi connectivity index (χ4v) is 5.70. The third-order valence-corrected chi connectivity index (χ3v) is 7.44. The van der Waals surface area contributed by atoms with E-state index in [4.69, 9.17) is 11.6 Å². The van der Waals surface area contributed by atoms with Gasteiger partial charge in [0.05, 0.1) is 4.90 Å². The summed E-state index contributed by atoms with van der Waals surface area (Å²) in [7, 11) is -4.43. The van der Waals surface area contributed by atoms with Crippen molar-refractivity contribution in [2.45, 2.75) is 24.7 Å². The van der Waals surface area contributed by atoms with Gasteiger partial charge in [-0.15, -0.1) is 11.6 Å². The molecule has 0 aliphatic carbocycles. The number of nitrogens with zero attached hydrogens (tertiary/aromatic N) is 1. The lowest BCUT2D eigenvalue weighted by atomic mass is 10.1. The van der Waals surface area contributed by atoms with E-state index in [1.807, 2.05) is 19.1 Å². The molecule has 0 spiro atoms. The lowest BCUT2D eigenvalue weighted by molar-refractivity contribution is 0.392. The van der Waals surface area contributed by atoms with Crippen molar-refractivity contribution in [2.24, 2.45) is 5.92 Å². The number of alkyl halides is 1. The molecule has 4 nitrogen and oxygen atoms in total. The quantitative estimate of drug-likeness (QED) is 0.754. The lowest BCUT2D eigenvalue weighted by Crippen LogP contribution is -2.35. The van der Waals surface area contributed by atoms with E-state index in [0.717, 1.165) is 18.4 Å². The van der Waals surface area contributed by atoms with Crippen LogP contribution in [-0.2, 0) is 27.2 Å². The highest BCUT2D eigenvalue weighted by Gasteiger charge is 2.29. The molecule has 0 saturated carbocycles. The Bertz CT molecular complexity index is 616. The maximum absolute atomic E-state index is 12.7. The Hall–Kier alpha value is -0.430. The van der Waals surface area contributed by atoms with Crippen LogP contribution in [0.3, 0.4) is 0 Å². The van der Waals surface area contributed by atoms with E-state index >= 15 is 0 Å². The molecule has 0 unspecified atom stereocenters. The third-order valence-electron chi connectivity index (χ3n) is 3.71. The molecule has 0 bridgehead atoms. The first-order chi connectivity index (χ1) is 10.4. The van der Waals surface area contributed by atoms with Crippen molar-refractivity contribution in [3.63, 3.8) is 0 Å². The second-order valence-corrected chi connectivity index (χ2v) is 9.65. The molecule has 1 aromatic carbocycles. The van der Waals surface area contributed by atoms with Gasteiger partial charge >= 0.3 is 0 Å². The first-order valence-electron chi connectivity index (χ1n) is 7.43. The first-order valence-corrected chi connectivity index (χ1v) is 10.9. The Labute approximate surface area is 140 Å². The van der Waals surface area contributed by atoms with Crippen LogP contribution >= 0.6 is 11.6 Å². The highest BCUT2D eigenvalue weighted by atomic mass is 35.5. The first kappa shape index (κ1) is 17.9. The van der Waals surface area contributed by atoms with Crippen LogP contribution in [0.25, 0.3) is 0 Å². The Balaban J connectivity index is 2.16. The van der Waals surface area contributed by atoms with Crippen molar-refractivity contribution in [1.29, 1.82) is 0 Å². The minimum atomic E-state index is -3.51. The zero-order chi connectivity index (χ0) is 16.2. The summed E-state index contributed by atoms with van der Waals surface area (Å²) in [5.41, 5.74) is 1.09. The van der Waals surface area contributed by atoms with E-state index in [1.54, 1.807) is 12.1 Å². The van der Waals surface area contributed by atoms with Gasteiger partial charge in [0.1, 0.15) is 0 Å². The molecule has 1 saturated heterocycles. The maximum Gasteiger partial charge on any atom is 0.243 e. The van der Waals surface area contributed by atoms with Crippen LogP contribution in [0.15, 0.2) is 29.2 Å². The van der Waals surface area contributed by atoms with Gasteiger partial charge in [-0.1, -0.05) is 19.1 Å². The molecule has 1 aromatic rings. The van der Waals surface area contributed by atoms with Crippen LogP contribution in [0, 0.1) is 5.92 Å². The molecule has 7 heteroatoms. The second-order valence-electron chi connectivity index (χ2n) is 5.72. The predicted octanol–water partition coefficient (Wildman–Crippen LogP) is 2.25. The van der Waals surface area contributed by atoms with Crippen molar-refractivity contribution < 1.29 is 12.6 Å². The fraction of sp³-hybridized carbons (Fsp3) is 0.600. The average molecular weight is 364 g/mol. The van der Waals surface area contributed by atoms with E-state index in [-0.39, 0.29) is 5.92 Å². The highest BCUT2D eigenvalue weighted by Crippen LogP contribution is 2.20. The van der Waals surface area contributed by atoms with E-state index in [9.17, 15) is 12.6 Å². The molecule has 1 aliphatic rings. The summed E-state index contributed by atoms with van der Waals surface area (Å²) in [5.74, 6) is 1.70. The topological polar surface area (TPSA) is 54.5 Å². The summed E-state index contributed by atoms with van der Waals surface area (Å²) in [4.78, 5) is 0.307. The standard InChI is InChI=1S/C15H22ClNO3S2/c1-13-11-17(9-10-21(18)12-13)22(19,20)15-6-4-14(5-7-15)3-2-8-16/h4-7,13H,2-3,8-12H2,1H3/t13-,21+/m0/s1. The Morgan fingerprint density at radius 2 is 2.00 bits per heavy atom. The van der Waals surface area contributed by atoms with Gasteiger partial charge in [-0.05, 0) is 36.5 Å². The second kappa shape index (κ2) is 7.90. The van der Waals surface area contributed by atoms with Gasteiger partial charge in [-0.3, -0.25) is 4.21 Å². The minimum Gasteiger partial charge on any atom is -0.260 e. The average Bonchev–Trinajstić information content (AvgIpc) is 2.66. The number of sulfonamides is 1. The summed E-state index contributed by atoms with van der Waals surface area (Å²) < 4.78 is 38.6. The van der Waals surface area contributed by atoms with Crippen molar-refractivity contribution in [3.05, 3.63) is 29.8 Å². The van der Waals surface area contributed by atoms with Crippen molar-refractivity contribution in [2.75, 3.05) is 30.5 Å². The van der Waals surface area contributed by atoms with Gasteiger partial charge in [0.25, 0.3) is 0 Å². The van der Waals surface area contributed by atoms with Gasteiger partial charge in [-0.2, -0.15) is 4.31 Å². The number of halogens is 1. The number of rotatable bonds is 5. The van der Waals surface area contributed by atoms with Gasteiger partial charge in [0.15, 0.2) is 0 Å². The predicted molar refractivity (Wildman–Crippen MR) is 91.3 cm³/mol. The smallest absolute Gasteiger partial charge is 0.243 e. The summed E-state index contributed by atoms with van der Waals surface area (Å²) in [5, 5.41) is 0. The molecular formula is C15H22ClNO3S2. The number of hydrogen-bond acceptors (Lipinski definition) is 3. The molecule has 0 radical (unpaired) electrons. The lowest BCUT2D eigenvalue weighted by Gasteiger charge is -2.21. The Morgan fingerprint density at radius 1 is 1.32 bits per heavy atom.